The van der Waals surface area contributed by atoms with Crippen LogP contribution in [0.3, 0.4) is 0 Å². The highest BCUT2D eigenvalue weighted by Crippen LogP contribution is 2.21. The Morgan fingerprint density at radius 1 is 0.966 bits per heavy atom. The summed E-state index contributed by atoms with van der Waals surface area (Å²) >= 11 is 5.97. The maximum atomic E-state index is 12.4. The van der Waals surface area contributed by atoms with E-state index in [9.17, 15) is 13.2 Å². The molecule has 5 nitrogen and oxygen atoms in total. The van der Waals surface area contributed by atoms with Gasteiger partial charge >= 0.3 is 0 Å². The quantitative estimate of drug-likeness (QED) is 0.560. The van der Waals surface area contributed by atoms with E-state index in [0.29, 0.717) is 22.0 Å². The van der Waals surface area contributed by atoms with E-state index in [0.717, 1.165) is 16.5 Å². The first-order chi connectivity index (χ1) is 13.8. The van der Waals surface area contributed by atoms with Gasteiger partial charge in [-0.05, 0) is 60.5 Å². The van der Waals surface area contributed by atoms with Gasteiger partial charge in [-0.2, -0.15) is 0 Å². The summed E-state index contributed by atoms with van der Waals surface area (Å²) in [5.74, 6) is -0.311. The lowest BCUT2D eigenvalue weighted by Gasteiger charge is -2.10. The molecule has 0 atom stereocenters. The fourth-order valence-electron chi connectivity index (χ4n) is 2.54. The van der Waals surface area contributed by atoms with E-state index in [1.807, 2.05) is 31.2 Å². The van der Waals surface area contributed by atoms with Crippen molar-refractivity contribution in [3.8, 4) is 0 Å². The molecule has 148 valence electrons. The average molecular weight is 427 g/mol. The molecule has 0 aliphatic rings. The van der Waals surface area contributed by atoms with Crippen LogP contribution in [0.1, 0.15) is 21.5 Å². The number of hydrogen-bond acceptors (Lipinski definition) is 3. The maximum absolute atomic E-state index is 12.4. The molecule has 3 aromatic rings. The number of amides is 1. The van der Waals surface area contributed by atoms with Crippen LogP contribution in [0, 0.1) is 6.92 Å². The van der Waals surface area contributed by atoms with Gasteiger partial charge in [-0.3, -0.25) is 9.52 Å². The molecule has 0 spiro atoms. The van der Waals surface area contributed by atoms with Crippen LogP contribution >= 0.6 is 11.6 Å². The molecule has 7 heteroatoms. The SMILES string of the molecule is Cc1ccc(Cl)cc1NC(=O)c1ccc(NS(=O)(=O)/C=C/c2ccccc2)cc1. The summed E-state index contributed by atoms with van der Waals surface area (Å²) in [5, 5.41) is 4.43. The van der Waals surface area contributed by atoms with E-state index in [2.05, 4.69) is 10.0 Å². The third-order valence-electron chi connectivity index (χ3n) is 4.09. The van der Waals surface area contributed by atoms with Gasteiger partial charge in [0.25, 0.3) is 15.9 Å². The van der Waals surface area contributed by atoms with Gasteiger partial charge in [-0.25, -0.2) is 8.42 Å². The summed E-state index contributed by atoms with van der Waals surface area (Å²) in [4.78, 5) is 12.4. The Morgan fingerprint density at radius 2 is 1.66 bits per heavy atom. The van der Waals surface area contributed by atoms with Crippen molar-refractivity contribution in [1.82, 2.24) is 0 Å². The topological polar surface area (TPSA) is 75.3 Å². The molecule has 0 aliphatic carbocycles. The number of benzene rings is 3. The van der Waals surface area contributed by atoms with Crippen LogP contribution in [0.2, 0.25) is 5.02 Å². The van der Waals surface area contributed by atoms with Crippen LogP contribution in [0.15, 0.2) is 78.2 Å². The van der Waals surface area contributed by atoms with Crippen LogP contribution in [-0.4, -0.2) is 14.3 Å². The average Bonchev–Trinajstić information content (AvgIpc) is 2.70. The van der Waals surface area contributed by atoms with Crippen molar-refractivity contribution in [1.29, 1.82) is 0 Å². The number of halogens is 1. The molecule has 3 rings (SSSR count). The molecule has 0 fully saturated rings. The van der Waals surface area contributed by atoms with Gasteiger partial charge in [-0.1, -0.05) is 48.0 Å². The van der Waals surface area contributed by atoms with Crippen LogP contribution < -0.4 is 10.0 Å². The van der Waals surface area contributed by atoms with Crippen molar-refractivity contribution in [3.05, 3.63) is 99.9 Å². The van der Waals surface area contributed by atoms with Gasteiger partial charge < -0.3 is 5.32 Å². The van der Waals surface area contributed by atoms with E-state index in [1.165, 1.54) is 18.2 Å². The Morgan fingerprint density at radius 3 is 2.34 bits per heavy atom. The van der Waals surface area contributed by atoms with E-state index in [4.69, 9.17) is 11.6 Å². The highest BCUT2D eigenvalue weighted by Gasteiger charge is 2.10. The van der Waals surface area contributed by atoms with E-state index < -0.39 is 10.0 Å². The van der Waals surface area contributed by atoms with Crippen LogP contribution in [-0.2, 0) is 10.0 Å². The largest absolute Gasteiger partial charge is 0.322 e. The molecule has 0 radical (unpaired) electrons. The maximum Gasteiger partial charge on any atom is 0.255 e. The highest BCUT2D eigenvalue weighted by molar-refractivity contribution is 7.95. The second-order valence-corrected chi connectivity index (χ2v) is 8.35. The fraction of sp³-hybridized carbons (Fsp3) is 0.0455. The first-order valence-corrected chi connectivity index (χ1v) is 10.7. The number of hydrogen-bond donors (Lipinski definition) is 2. The van der Waals surface area contributed by atoms with Gasteiger partial charge in [-0.15, -0.1) is 0 Å². The Bertz CT molecular complexity index is 1140. The van der Waals surface area contributed by atoms with Gasteiger partial charge in [0.2, 0.25) is 0 Å². The van der Waals surface area contributed by atoms with Crippen molar-refractivity contribution in [2.75, 3.05) is 10.0 Å². The van der Waals surface area contributed by atoms with Crippen LogP contribution in [0.25, 0.3) is 6.08 Å². The number of carbonyl (C=O) groups is 1. The van der Waals surface area contributed by atoms with Crippen LogP contribution in [0.4, 0.5) is 11.4 Å². The second kappa shape index (κ2) is 8.94. The summed E-state index contributed by atoms with van der Waals surface area (Å²) in [7, 11) is -3.67. The summed E-state index contributed by atoms with van der Waals surface area (Å²) in [6.45, 7) is 1.87. The summed E-state index contributed by atoms with van der Waals surface area (Å²) in [6.07, 6.45) is 1.51. The van der Waals surface area contributed by atoms with Crippen molar-refractivity contribution in [3.63, 3.8) is 0 Å². The molecule has 0 saturated carbocycles. The number of rotatable bonds is 6. The molecule has 0 bridgehead atoms. The Hall–Kier alpha value is -3.09. The minimum atomic E-state index is -3.67. The second-order valence-electron chi connectivity index (χ2n) is 6.35. The lowest BCUT2D eigenvalue weighted by molar-refractivity contribution is 0.102. The lowest BCUT2D eigenvalue weighted by Crippen LogP contribution is -2.13. The number of anilines is 2. The predicted octanol–water partition coefficient (Wildman–Crippen LogP) is 5.31. The van der Waals surface area contributed by atoms with Crippen molar-refractivity contribution in [2.45, 2.75) is 6.92 Å². The molecule has 0 unspecified atom stereocenters. The molecule has 0 heterocycles. The predicted molar refractivity (Wildman–Crippen MR) is 119 cm³/mol. The highest BCUT2D eigenvalue weighted by atomic mass is 35.5. The van der Waals surface area contributed by atoms with Gasteiger partial charge in [0.05, 0.1) is 5.41 Å². The third kappa shape index (κ3) is 5.94. The van der Waals surface area contributed by atoms with Crippen molar-refractivity contribution < 1.29 is 13.2 Å². The molecule has 0 saturated heterocycles. The summed E-state index contributed by atoms with van der Waals surface area (Å²) < 4.78 is 26.9. The normalized spacial score (nSPS) is 11.4. The first kappa shape index (κ1) is 20.6. The fourth-order valence-corrected chi connectivity index (χ4v) is 3.58. The third-order valence-corrected chi connectivity index (χ3v) is 5.34. The van der Waals surface area contributed by atoms with Crippen LogP contribution in [0.5, 0.6) is 0 Å². The monoisotopic (exact) mass is 426 g/mol. The minimum absolute atomic E-state index is 0.311. The van der Waals surface area contributed by atoms with E-state index in [1.54, 1.807) is 36.4 Å². The number of aryl methyl sites for hydroxylation is 1. The zero-order chi connectivity index (χ0) is 20.9. The van der Waals surface area contributed by atoms with Gasteiger partial charge in [0.15, 0.2) is 0 Å². The zero-order valence-electron chi connectivity index (χ0n) is 15.6. The van der Waals surface area contributed by atoms with E-state index >= 15 is 0 Å². The first-order valence-electron chi connectivity index (χ1n) is 8.76. The molecule has 0 aromatic heterocycles. The molecule has 2 N–H and O–H groups in total. The summed E-state index contributed by atoms with van der Waals surface area (Å²) in [5.41, 5.74) is 3.04. The molecular formula is C22H19ClN2O3S. The van der Waals surface area contributed by atoms with Gasteiger partial charge in [0, 0.05) is 22.0 Å². The number of carbonyl (C=O) groups excluding carboxylic acids is 1. The van der Waals surface area contributed by atoms with Crippen molar-refractivity contribution in [2.24, 2.45) is 0 Å². The lowest BCUT2D eigenvalue weighted by atomic mass is 10.1. The standard InChI is InChI=1S/C22H19ClN2O3S/c1-16-7-10-19(23)15-21(16)24-22(26)18-8-11-20(12-9-18)25-29(27,28)14-13-17-5-3-2-4-6-17/h2-15,25H,1H3,(H,24,26)/b14-13+. The smallest absolute Gasteiger partial charge is 0.255 e. The molecule has 29 heavy (non-hydrogen) atoms. The summed E-state index contributed by atoms with van der Waals surface area (Å²) in [6, 6.07) is 20.5. The molecule has 3 aromatic carbocycles. The molecular weight excluding hydrogens is 408 g/mol. The Labute approximate surface area is 175 Å². The zero-order valence-corrected chi connectivity index (χ0v) is 17.2. The minimum Gasteiger partial charge on any atom is -0.322 e. The number of sulfonamides is 1. The Balaban J connectivity index is 1.67. The molecule has 0 aliphatic heterocycles. The van der Waals surface area contributed by atoms with Crippen molar-refractivity contribution >= 4 is 45.0 Å². The Kier molecular flexibility index (Phi) is 6.36. The van der Waals surface area contributed by atoms with E-state index in [-0.39, 0.29) is 5.91 Å². The van der Waals surface area contributed by atoms with Gasteiger partial charge in [0.1, 0.15) is 0 Å². The molecule has 1 amide bonds. The number of nitrogens with one attached hydrogen (secondary N) is 2.